The average molecular weight is 310 g/mol. The first kappa shape index (κ1) is 17.7. The maximum absolute atomic E-state index is 5.52. The van der Waals surface area contributed by atoms with Crippen molar-refractivity contribution in [2.24, 2.45) is 0 Å². The van der Waals surface area contributed by atoms with Gasteiger partial charge >= 0.3 is 0 Å². The summed E-state index contributed by atoms with van der Waals surface area (Å²) in [4.78, 5) is 22.0. The molecule has 4 nitrogen and oxygen atoms in total. The second kappa shape index (κ2) is 7.79. The van der Waals surface area contributed by atoms with Gasteiger partial charge in [0.2, 0.25) is 0 Å². The summed E-state index contributed by atoms with van der Waals surface area (Å²) in [5.74, 6) is 6.19. The summed E-state index contributed by atoms with van der Waals surface area (Å²) in [7, 11) is 0. The predicted octanol–water partition coefficient (Wildman–Crippen LogP) is 4.33. The van der Waals surface area contributed by atoms with Crippen molar-refractivity contribution in [3.05, 3.63) is 0 Å². The molecule has 0 amide bonds. The van der Waals surface area contributed by atoms with Crippen molar-refractivity contribution in [1.29, 1.82) is 0 Å². The van der Waals surface area contributed by atoms with Crippen LogP contribution in [-0.2, 0) is 19.6 Å². The molecular formula is C18H30O4. The molecular weight excluding hydrogens is 280 g/mol. The van der Waals surface area contributed by atoms with E-state index in [2.05, 4.69) is 11.8 Å². The highest BCUT2D eigenvalue weighted by Gasteiger charge is 2.25. The smallest absolute Gasteiger partial charge is 0.158 e. The van der Waals surface area contributed by atoms with E-state index in [1.54, 1.807) is 0 Å². The van der Waals surface area contributed by atoms with Crippen LogP contribution in [0.3, 0.4) is 0 Å². The van der Waals surface area contributed by atoms with E-state index in [9.17, 15) is 0 Å². The van der Waals surface area contributed by atoms with Crippen LogP contribution >= 0.6 is 0 Å². The van der Waals surface area contributed by atoms with Gasteiger partial charge in [-0.05, 0) is 53.4 Å². The number of hydrogen-bond donors (Lipinski definition) is 0. The summed E-state index contributed by atoms with van der Waals surface area (Å²) in [6.45, 7) is 7.62. The third-order valence-electron chi connectivity index (χ3n) is 4.05. The molecule has 0 aromatic rings. The van der Waals surface area contributed by atoms with Crippen LogP contribution in [0.15, 0.2) is 0 Å². The van der Waals surface area contributed by atoms with Crippen LogP contribution in [0.5, 0.6) is 0 Å². The van der Waals surface area contributed by atoms with E-state index in [1.165, 1.54) is 25.7 Å². The van der Waals surface area contributed by atoms with Crippen molar-refractivity contribution >= 4 is 0 Å². The van der Waals surface area contributed by atoms with Crippen LogP contribution in [0, 0.1) is 11.8 Å². The molecule has 2 fully saturated rings. The Balaban J connectivity index is 1.77. The van der Waals surface area contributed by atoms with Gasteiger partial charge in [0.25, 0.3) is 0 Å². The zero-order chi connectivity index (χ0) is 16.1. The topological polar surface area (TPSA) is 36.9 Å². The van der Waals surface area contributed by atoms with E-state index < -0.39 is 11.2 Å². The molecule has 2 aliphatic carbocycles. The van der Waals surface area contributed by atoms with E-state index in [0.29, 0.717) is 0 Å². The summed E-state index contributed by atoms with van der Waals surface area (Å²) < 4.78 is 0. The molecule has 0 aliphatic heterocycles. The zero-order valence-corrected chi connectivity index (χ0v) is 14.4. The Morgan fingerprint density at radius 2 is 0.955 bits per heavy atom. The molecule has 2 rings (SSSR count). The molecule has 0 atom stereocenters. The van der Waals surface area contributed by atoms with Gasteiger partial charge in [-0.2, -0.15) is 0 Å². The maximum atomic E-state index is 5.52. The molecule has 0 spiro atoms. The quantitative estimate of drug-likeness (QED) is 0.416. The third kappa shape index (κ3) is 6.26. The first-order valence-electron chi connectivity index (χ1n) is 8.60. The summed E-state index contributed by atoms with van der Waals surface area (Å²) in [6, 6.07) is 0. The van der Waals surface area contributed by atoms with E-state index in [-0.39, 0.29) is 12.2 Å². The first-order valence-corrected chi connectivity index (χ1v) is 8.60. The molecule has 0 heterocycles. The molecule has 2 saturated carbocycles. The molecule has 0 saturated heterocycles. The monoisotopic (exact) mass is 310 g/mol. The second-order valence-electron chi connectivity index (χ2n) is 7.44. The Morgan fingerprint density at radius 3 is 1.27 bits per heavy atom. The van der Waals surface area contributed by atoms with Gasteiger partial charge < -0.3 is 0 Å². The first-order chi connectivity index (χ1) is 10.4. The SMILES string of the molecule is CC(C)(C#CC(C)(C)OOC1CCCC1)OOC1CCCC1. The Hall–Kier alpha value is -0.600. The lowest BCUT2D eigenvalue weighted by Gasteiger charge is -2.23. The highest BCUT2D eigenvalue weighted by Crippen LogP contribution is 2.24. The summed E-state index contributed by atoms with van der Waals surface area (Å²) in [5, 5.41) is 0. The average Bonchev–Trinajstić information content (AvgIpc) is 3.14. The minimum absolute atomic E-state index is 0.219. The van der Waals surface area contributed by atoms with Crippen molar-refractivity contribution in [2.75, 3.05) is 0 Å². The van der Waals surface area contributed by atoms with Crippen molar-refractivity contribution < 1.29 is 19.6 Å². The minimum Gasteiger partial charge on any atom is -0.232 e. The normalized spacial score (nSPS) is 21.1. The van der Waals surface area contributed by atoms with Crippen LogP contribution in [0.1, 0.15) is 79.1 Å². The van der Waals surface area contributed by atoms with Gasteiger partial charge in [0.05, 0.1) is 12.2 Å². The highest BCUT2D eigenvalue weighted by molar-refractivity contribution is 5.17. The van der Waals surface area contributed by atoms with Gasteiger partial charge in [0.15, 0.2) is 11.2 Å². The number of rotatable bonds is 6. The molecule has 0 bridgehead atoms. The van der Waals surface area contributed by atoms with Gasteiger partial charge in [-0.15, -0.1) is 0 Å². The van der Waals surface area contributed by atoms with Crippen LogP contribution in [-0.4, -0.2) is 23.4 Å². The van der Waals surface area contributed by atoms with Gasteiger partial charge in [0, 0.05) is 0 Å². The van der Waals surface area contributed by atoms with Gasteiger partial charge in [-0.3, -0.25) is 0 Å². The van der Waals surface area contributed by atoms with E-state index in [1.807, 2.05) is 27.7 Å². The fourth-order valence-corrected chi connectivity index (χ4v) is 2.69. The largest absolute Gasteiger partial charge is 0.232 e. The molecule has 22 heavy (non-hydrogen) atoms. The molecule has 0 aromatic carbocycles. The van der Waals surface area contributed by atoms with Crippen LogP contribution in [0.4, 0.5) is 0 Å². The summed E-state index contributed by atoms with van der Waals surface area (Å²) in [5.41, 5.74) is -1.31. The summed E-state index contributed by atoms with van der Waals surface area (Å²) >= 11 is 0. The van der Waals surface area contributed by atoms with E-state index in [0.717, 1.165) is 25.7 Å². The summed E-state index contributed by atoms with van der Waals surface area (Å²) in [6.07, 6.45) is 9.63. The standard InChI is InChI=1S/C18H30O4/c1-17(2,21-19-15-9-5-6-10-15)13-14-18(3,4)22-20-16-11-7-8-12-16/h15-16H,5-12H2,1-4H3. The number of hydrogen-bond acceptors (Lipinski definition) is 4. The lowest BCUT2D eigenvalue weighted by molar-refractivity contribution is -0.364. The molecule has 0 radical (unpaired) electrons. The molecule has 0 aromatic heterocycles. The lowest BCUT2D eigenvalue weighted by atomic mass is 10.1. The van der Waals surface area contributed by atoms with E-state index >= 15 is 0 Å². The second-order valence-corrected chi connectivity index (χ2v) is 7.44. The van der Waals surface area contributed by atoms with Crippen LogP contribution in [0.2, 0.25) is 0 Å². The van der Waals surface area contributed by atoms with Gasteiger partial charge in [-0.25, -0.2) is 19.6 Å². The van der Waals surface area contributed by atoms with Gasteiger partial charge in [-0.1, -0.05) is 37.5 Å². The van der Waals surface area contributed by atoms with Crippen molar-refractivity contribution in [3.8, 4) is 11.8 Å². The van der Waals surface area contributed by atoms with E-state index in [4.69, 9.17) is 19.6 Å². The lowest BCUT2D eigenvalue weighted by Crippen LogP contribution is -2.29. The Kier molecular flexibility index (Phi) is 6.28. The predicted molar refractivity (Wildman–Crippen MR) is 84.8 cm³/mol. The molecule has 0 N–H and O–H groups in total. The van der Waals surface area contributed by atoms with Crippen LogP contribution < -0.4 is 0 Å². The van der Waals surface area contributed by atoms with Gasteiger partial charge in [0.1, 0.15) is 0 Å². The maximum Gasteiger partial charge on any atom is 0.158 e. The van der Waals surface area contributed by atoms with Crippen molar-refractivity contribution in [3.63, 3.8) is 0 Å². The molecule has 2 aliphatic rings. The molecule has 0 unspecified atom stereocenters. The molecule has 4 heteroatoms. The Bertz CT molecular complexity index is 357. The third-order valence-corrected chi connectivity index (χ3v) is 4.05. The fourth-order valence-electron chi connectivity index (χ4n) is 2.69. The van der Waals surface area contributed by atoms with Crippen molar-refractivity contribution in [2.45, 2.75) is 102 Å². The highest BCUT2D eigenvalue weighted by atomic mass is 17.2. The van der Waals surface area contributed by atoms with Crippen molar-refractivity contribution in [1.82, 2.24) is 0 Å². The molecule has 126 valence electrons. The zero-order valence-electron chi connectivity index (χ0n) is 14.4. The minimum atomic E-state index is -0.656. The van der Waals surface area contributed by atoms with Crippen LogP contribution in [0.25, 0.3) is 0 Å². The Morgan fingerprint density at radius 1 is 0.636 bits per heavy atom. The Labute approximate surface area is 134 Å². The fraction of sp³-hybridized carbons (Fsp3) is 0.889.